The van der Waals surface area contributed by atoms with Gasteiger partial charge in [-0.1, -0.05) is 11.2 Å². The fraction of sp³-hybridized carbons (Fsp3) is 0.273. The van der Waals surface area contributed by atoms with Gasteiger partial charge in [-0.15, -0.1) is 0 Å². The number of amides is 1. The molecule has 0 heterocycles. The Kier molecular flexibility index (Phi) is 6.14. The molecule has 0 spiro atoms. The normalized spacial score (nSPS) is 11.4. The van der Waals surface area contributed by atoms with Crippen LogP contribution in [0.3, 0.4) is 0 Å². The van der Waals surface area contributed by atoms with Crippen molar-refractivity contribution in [2.75, 3.05) is 12.3 Å². The summed E-state index contributed by atoms with van der Waals surface area (Å²) in [6.07, 6.45) is 0.119. The molecule has 4 nitrogen and oxygen atoms in total. The third kappa shape index (κ3) is 4.30. The average Bonchev–Trinajstić information content (AvgIpc) is 2.37. The lowest BCUT2D eigenvalue weighted by atomic mass is 10.1. The minimum atomic E-state index is -0.466. The Morgan fingerprint density at radius 1 is 1.56 bits per heavy atom. The summed E-state index contributed by atoms with van der Waals surface area (Å²) in [5.41, 5.74) is 0.632. The van der Waals surface area contributed by atoms with Crippen LogP contribution in [0.4, 0.5) is 4.39 Å². The Bertz CT molecular complexity index is 468. The number of benzene rings is 1. The highest BCUT2D eigenvalue weighted by Gasteiger charge is 2.13. The molecular formula is C11H12BrFN2O2S. The van der Waals surface area contributed by atoms with Crippen LogP contribution in [0, 0.1) is 5.82 Å². The SMILES string of the molecule is O=C(NCCS)/C(Cc1ccc(F)c(Br)c1)=N/O. The molecule has 0 aliphatic heterocycles. The van der Waals surface area contributed by atoms with Crippen LogP contribution in [0.1, 0.15) is 5.56 Å². The first kappa shape index (κ1) is 15.0. The van der Waals surface area contributed by atoms with Gasteiger partial charge in [-0.3, -0.25) is 4.79 Å². The largest absolute Gasteiger partial charge is 0.410 e. The summed E-state index contributed by atoms with van der Waals surface area (Å²) in [6.45, 7) is 0.383. The van der Waals surface area contributed by atoms with Crippen LogP contribution in [-0.2, 0) is 11.2 Å². The molecule has 1 aromatic rings. The smallest absolute Gasteiger partial charge is 0.269 e. The van der Waals surface area contributed by atoms with E-state index in [2.05, 4.69) is 39.0 Å². The van der Waals surface area contributed by atoms with E-state index in [9.17, 15) is 9.18 Å². The lowest BCUT2D eigenvalue weighted by molar-refractivity contribution is -0.114. The predicted molar refractivity (Wildman–Crippen MR) is 73.9 cm³/mol. The Hall–Kier alpha value is -1.08. The van der Waals surface area contributed by atoms with Gasteiger partial charge in [0.05, 0.1) is 4.47 Å². The molecule has 2 N–H and O–H groups in total. The number of thiol groups is 1. The van der Waals surface area contributed by atoms with E-state index in [0.717, 1.165) is 0 Å². The van der Waals surface area contributed by atoms with Crippen molar-refractivity contribution in [1.29, 1.82) is 0 Å². The topological polar surface area (TPSA) is 61.7 Å². The lowest BCUT2D eigenvalue weighted by Crippen LogP contribution is -2.33. The summed E-state index contributed by atoms with van der Waals surface area (Å²) >= 11 is 7.00. The van der Waals surface area contributed by atoms with Gasteiger partial charge in [-0.2, -0.15) is 12.6 Å². The summed E-state index contributed by atoms with van der Waals surface area (Å²) in [4.78, 5) is 11.6. The number of hydrogen-bond acceptors (Lipinski definition) is 4. The van der Waals surface area contributed by atoms with Gasteiger partial charge < -0.3 is 10.5 Å². The summed E-state index contributed by atoms with van der Waals surface area (Å²) < 4.78 is 13.3. The fourth-order valence-electron chi connectivity index (χ4n) is 1.28. The van der Waals surface area contributed by atoms with Crippen molar-refractivity contribution < 1.29 is 14.4 Å². The number of rotatable bonds is 5. The predicted octanol–water partition coefficient (Wildman–Crippen LogP) is 2.01. The second kappa shape index (κ2) is 7.38. The molecule has 0 aliphatic carbocycles. The highest BCUT2D eigenvalue weighted by molar-refractivity contribution is 9.10. The van der Waals surface area contributed by atoms with Gasteiger partial charge in [-0.05, 0) is 33.6 Å². The van der Waals surface area contributed by atoms with E-state index in [1.165, 1.54) is 18.2 Å². The Labute approximate surface area is 118 Å². The molecule has 0 saturated carbocycles. The number of nitrogens with zero attached hydrogens (tertiary/aromatic N) is 1. The number of halogens is 2. The van der Waals surface area contributed by atoms with Crippen LogP contribution in [0.5, 0.6) is 0 Å². The first-order valence-electron chi connectivity index (χ1n) is 5.12. The highest BCUT2D eigenvalue weighted by atomic mass is 79.9. The molecule has 18 heavy (non-hydrogen) atoms. The van der Waals surface area contributed by atoms with Gasteiger partial charge in [-0.25, -0.2) is 4.39 Å². The van der Waals surface area contributed by atoms with Gasteiger partial charge in [0.2, 0.25) is 0 Å². The molecule has 0 saturated heterocycles. The zero-order valence-electron chi connectivity index (χ0n) is 9.36. The van der Waals surface area contributed by atoms with E-state index < -0.39 is 5.91 Å². The van der Waals surface area contributed by atoms with Crippen molar-refractivity contribution >= 4 is 40.2 Å². The van der Waals surface area contributed by atoms with E-state index >= 15 is 0 Å². The van der Waals surface area contributed by atoms with Crippen LogP contribution in [-0.4, -0.2) is 29.1 Å². The second-order valence-electron chi connectivity index (χ2n) is 3.45. The van der Waals surface area contributed by atoms with Crippen LogP contribution >= 0.6 is 28.6 Å². The standard InChI is InChI=1S/C11H12BrFN2O2S/c12-8-5-7(1-2-9(8)13)6-10(15-17)11(16)14-3-4-18/h1-2,5,17-18H,3-4,6H2,(H,14,16)/b15-10+. The third-order valence-corrected chi connectivity index (χ3v) is 2.97. The lowest BCUT2D eigenvalue weighted by Gasteiger charge is -2.06. The first-order valence-corrected chi connectivity index (χ1v) is 6.55. The van der Waals surface area contributed by atoms with E-state index in [1.807, 2.05) is 0 Å². The van der Waals surface area contributed by atoms with E-state index in [0.29, 0.717) is 22.3 Å². The minimum Gasteiger partial charge on any atom is -0.410 e. The average molecular weight is 335 g/mol. The molecule has 0 fully saturated rings. The summed E-state index contributed by atoms with van der Waals surface area (Å²) in [6, 6.07) is 4.34. The van der Waals surface area contributed by atoms with Crippen LogP contribution in [0.25, 0.3) is 0 Å². The molecule has 0 aliphatic rings. The molecule has 1 rings (SSSR count). The number of oxime groups is 1. The number of carbonyl (C=O) groups is 1. The first-order chi connectivity index (χ1) is 8.58. The number of hydrogen-bond donors (Lipinski definition) is 3. The molecule has 0 radical (unpaired) electrons. The highest BCUT2D eigenvalue weighted by Crippen LogP contribution is 2.17. The zero-order valence-corrected chi connectivity index (χ0v) is 11.8. The second-order valence-corrected chi connectivity index (χ2v) is 4.75. The Morgan fingerprint density at radius 2 is 2.28 bits per heavy atom. The Balaban J connectivity index is 2.74. The molecule has 7 heteroatoms. The molecule has 0 aromatic heterocycles. The van der Waals surface area contributed by atoms with Crippen molar-refractivity contribution in [2.24, 2.45) is 5.16 Å². The van der Waals surface area contributed by atoms with Gasteiger partial charge in [0, 0.05) is 18.7 Å². The summed E-state index contributed by atoms with van der Waals surface area (Å²) in [7, 11) is 0. The maximum atomic E-state index is 13.0. The van der Waals surface area contributed by atoms with Crippen molar-refractivity contribution in [3.8, 4) is 0 Å². The maximum Gasteiger partial charge on any atom is 0.269 e. The summed E-state index contributed by atoms with van der Waals surface area (Å²) in [5, 5.41) is 14.3. The molecule has 0 bridgehead atoms. The van der Waals surface area contributed by atoms with Gasteiger partial charge >= 0.3 is 0 Å². The minimum absolute atomic E-state index is 0.0321. The van der Waals surface area contributed by atoms with Gasteiger partial charge in [0.1, 0.15) is 11.5 Å². The third-order valence-electron chi connectivity index (χ3n) is 2.14. The van der Waals surface area contributed by atoms with E-state index in [1.54, 1.807) is 0 Å². The quantitative estimate of drug-likeness (QED) is 0.334. The number of nitrogens with one attached hydrogen (secondary N) is 1. The molecule has 0 unspecified atom stereocenters. The Morgan fingerprint density at radius 3 is 2.83 bits per heavy atom. The van der Waals surface area contributed by atoms with Crippen LogP contribution < -0.4 is 5.32 Å². The number of carbonyl (C=O) groups excluding carboxylic acids is 1. The zero-order chi connectivity index (χ0) is 13.5. The van der Waals surface area contributed by atoms with Crippen molar-refractivity contribution in [3.63, 3.8) is 0 Å². The monoisotopic (exact) mass is 334 g/mol. The van der Waals surface area contributed by atoms with Gasteiger partial charge in [0.25, 0.3) is 5.91 Å². The van der Waals surface area contributed by atoms with Crippen LogP contribution in [0.2, 0.25) is 0 Å². The molecule has 1 aromatic carbocycles. The van der Waals surface area contributed by atoms with Crippen molar-refractivity contribution in [1.82, 2.24) is 5.32 Å². The van der Waals surface area contributed by atoms with Crippen molar-refractivity contribution in [3.05, 3.63) is 34.1 Å². The van der Waals surface area contributed by atoms with Crippen molar-refractivity contribution in [2.45, 2.75) is 6.42 Å². The van der Waals surface area contributed by atoms with Gasteiger partial charge in [0.15, 0.2) is 0 Å². The molecule has 98 valence electrons. The van der Waals surface area contributed by atoms with E-state index in [-0.39, 0.29) is 17.9 Å². The molecule has 0 atom stereocenters. The molecule has 1 amide bonds. The van der Waals surface area contributed by atoms with Crippen LogP contribution in [0.15, 0.2) is 27.8 Å². The van der Waals surface area contributed by atoms with E-state index in [4.69, 9.17) is 5.21 Å². The molecular weight excluding hydrogens is 323 g/mol. The fourth-order valence-corrected chi connectivity index (χ4v) is 1.81. The maximum absolute atomic E-state index is 13.0. The summed E-state index contributed by atoms with van der Waals surface area (Å²) in [5.74, 6) is -0.361.